The lowest BCUT2D eigenvalue weighted by Gasteiger charge is -2.24. The molecular weight excluding hydrogens is 634 g/mol. The maximum absolute atomic E-state index is 11.3. The van der Waals surface area contributed by atoms with Gasteiger partial charge in [-0.05, 0) is 73.2 Å². The Balaban J connectivity index is 0.000000430. The Bertz CT molecular complexity index is 1110. The molecule has 0 amide bonds. The number of anilines is 2. The molecule has 2 aromatic rings. The monoisotopic (exact) mass is 678 g/mol. The van der Waals surface area contributed by atoms with Crippen molar-refractivity contribution in [3.05, 3.63) is 58.7 Å². The molecule has 0 aromatic heterocycles. The number of hydrogen-bond donors (Lipinski definition) is 3. The van der Waals surface area contributed by atoms with Gasteiger partial charge in [-0.2, -0.15) is 0 Å². The summed E-state index contributed by atoms with van der Waals surface area (Å²) >= 11 is 23.4. The van der Waals surface area contributed by atoms with Crippen LogP contribution in [0.4, 0.5) is 11.4 Å². The SMILES string of the molecule is COC(=O)C[C@@H](N)Cc1cc(N(CCCl)CCCl)ccc1C.Cc1ccc(N(CCCl)CCCl)cc1C[C@H](N)CC(=O)O. The average molecular weight is 681 g/mol. The van der Waals surface area contributed by atoms with Gasteiger partial charge in [0.1, 0.15) is 0 Å². The summed E-state index contributed by atoms with van der Waals surface area (Å²) in [5.74, 6) is 0.982. The summed E-state index contributed by atoms with van der Waals surface area (Å²) in [4.78, 5) is 26.3. The number of alkyl halides is 4. The maximum atomic E-state index is 11.3. The lowest BCUT2D eigenvalue weighted by atomic mass is 9.99. The molecule has 0 unspecified atom stereocenters. The fourth-order valence-electron chi connectivity index (χ4n) is 4.53. The number of aliphatic carboxylic acids is 1. The van der Waals surface area contributed by atoms with Crippen molar-refractivity contribution in [3.63, 3.8) is 0 Å². The third kappa shape index (κ3) is 15.1. The smallest absolute Gasteiger partial charge is 0.307 e. The van der Waals surface area contributed by atoms with Crippen molar-refractivity contribution in [1.82, 2.24) is 0 Å². The predicted octanol–water partition coefficient (Wildman–Crippen LogP) is 5.34. The van der Waals surface area contributed by atoms with Gasteiger partial charge >= 0.3 is 11.9 Å². The first-order chi connectivity index (χ1) is 20.5. The van der Waals surface area contributed by atoms with Crippen molar-refractivity contribution in [2.45, 2.75) is 51.6 Å². The van der Waals surface area contributed by atoms with Crippen molar-refractivity contribution in [2.24, 2.45) is 11.5 Å². The second-order valence-corrected chi connectivity index (χ2v) is 11.8. The number of carbonyl (C=O) groups excluding carboxylic acids is 1. The van der Waals surface area contributed by atoms with Gasteiger partial charge in [0.05, 0.1) is 20.0 Å². The van der Waals surface area contributed by atoms with E-state index in [1.54, 1.807) is 0 Å². The van der Waals surface area contributed by atoms with Crippen LogP contribution in [0, 0.1) is 13.8 Å². The van der Waals surface area contributed by atoms with E-state index in [0.29, 0.717) is 36.4 Å². The molecule has 0 aliphatic rings. The first-order valence-corrected chi connectivity index (χ1v) is 16.4. The van der Waals surface area contributed by atoms with Crippen LogP contribution in [0.2, 0.25) is 0 Å². The fraction of sp³-hybridized carbons (Fsp3) is 0.548. The summed E-state index contributed by atoms with van der Waals surface area (Å²) < 4.78 is 4.66. The molecule has 242 valence electrons. The Morgan fingerprint density at radius 1 is 0.744 bits per heavy atom. The molecule has 0 spiro atoms. The van der Waals surface area contributed by atoms with E-state index in [2.05, 4.69) is 38.8 Å². The van der Waals surface area contributed by atoms with Crippen molar-refractivity contribution < 1.29 is 19.4 Å². The lowest BCUT2D eigenvalue weighted by Crippen LogP contribution is -2.29. The highest BCUT2D eigenvalue weighted by molar-refractivity contribution is 6.19. The molecule has 43 heavy (non-hydrogen) atoms. The molecule has 5 N–H and O–H groups in total. The molecule has 2 aromatic carbocycles. The molecule has 2 rings (SSSR count). The molecule has 0 aliphatic heterocycles. The van der Waals surface area contributed by atoms with E-state index in [4.69, 9.17) is 63.0 Å². The lowest BCUT2D eigenvalue weighted by molar-refractivity contribution is -0.141. The van der Waals surface area contributed by atoms with E-state index in [1.807, 2.05) is 26.0 Å². The number of nitrogens with two attached hydrogens (primary N) is 2. The summed E-state index contributed by atoms with van der Waals surface area (Å²) in [7, 11) is 1.37. The first-order valence-electron chi connectivity index (χ1n) is 14.2. The molecule has 0 saturated heterocycles. The number of carbonyl (C=O) groups is 2. The Labute approximate surface area is 276 Å². The van der Waals surface area contributed by atoms with Crippen LogP contribution in [-0.2, 0) is 27.2 Å². The summed E-state index contributed by atoms with van der Waals surface area (Å²) in [5.41, 5.74) is 18.5. The van der Waals surface area contributed by atoms with Gasteiger partial charge < -0.3 is 31.1 Å². The van der Waals surface area contributed by atoms with Crippen molar-refractivity contribution in [3.8, 4) is 0 Å². The number of rotatable bonds is 18. The highest BCUT2D eigenvalue weighted by Gasteiger charge is 2.15. The Morgan fingerprint density at radius 3 is 1.44 bits per heavy atom. The molecule has 0 aliphatic carbocycles. The number of halogens is 4. The molecule has 0 radical (unpaired) electrons. The minimum Gasteiger partial charge on any atom is -0.481 e. The molecular formula is C31H46Cl4N4O4. The molecule has 0 bridgehead atoms. The number of hydrogen-bond acceptors (Lipinski definition) is 7. The van der Waals surface area contributed by atoms with Gasteiger partial charge in [-0.15, -0.1) is 46.4 Å². The first kappa shape index (κ1) is 39.1. The number of carboxylic acid groups (broad SMARTS) is 1. The van der Waals surface area contributed by atoms with E-state index in [1.165, 1.54) is 7.11 Å². The zero-order valence-corrected chi connectivity index (χ0v) is 28.4. The van der Waals surface area contributed by atoms with E-state index in [0.717, 1.165) is 59.8 Å². The second kappa shape index (κ2) is 21.7. The number of aryl methyl sites for hydroxylation is 2. The zero-order valence-electron chi connectivity index (χ0n) is 25.3. The Kier molecular flexibility index (Phi) is 19.7. The summed E-state index contributed by atoms with van der Waals surface area (Å²) in [6.07, 6.45) is 1.36. The number of methoxy groups -OCH3 is 1. The van der Waals surface area contributed by atoms with Gasteiger partial charge in [0.15, 0.2) is 0 Å². The maximum Gasteiger partial charge on any atom is 0.307 e. The zero-order chi connectivity index (χ0) is 32.4. The average Bonchev–Trinajstić information content (AvgIpc) is 2.95. The number of ether oxygens (including phenoxy) is 1. The number of carboxylic acids is 1. The minimum atomic E-state index is -0.873. The van der Waals surface area contributed by atoms with E-state index in [-0.39, 0.29) is 30.9 Å². The summed E-state index contributed by atoms with van der Waals surface area (Å²) in [6, 6.07) is 11.7. The normalized spacial score (nSPS) is 12.1. The van der Waals surface area contributed by atoms with Gasteiger partial charge in [0, 0.05) is 73.2 Å². The molecule has 0 heterocycles. The summed E-state index contributed by atoms with van der Waals surface area (Å²) in [5, 5.41) is 8.80. The van der Waals surface area contributed by atoms with Crippen LogP contribution in [0.1, 0.15) is 35.1 Å². The van der Waals surface area contributed by atoms with Crippen LogP contribution in [0.15, 0.2) is 36.4 Å². The van der Waals surface area contributed by atoms with Crippen molar-refractivity contribution in [1.29, 1.82) is 0 Å². The highest BCUT2D eigenvalue weighted by Crippen LogP contribution is 2.22. The number of nitrogens with zero attached hydrogens (tertiary/aromatic N) is 2. The van der Waals surface area contributed by atoms with Crippen LogP contribution < -0.4 is 21.3 Å². The van der Waals surface area contributed by atoms with E-state index in [9.17, 15) is 9.59 Å². The van der Waals surface area contributed by atoms with Gasteiger partial charge in [0.2, 0.25) is 0 Å². The Hall–Kier alpha value is -1.94. The van der Waals surface area contributed by atoms with Crippen LogP contribution in [0.3, 0.4) is 0 Å². The van der Waals surface area contributed by atoms with Crippen molar-refractivity contribution in [2.75, 3.05) is 66.6 Å². The van der Waals surface area contributed by atoms with Crippen LogP contribution in [0.25, 0.3) is 0 Å². The quantitative estimate of drug-likeness (QED) is 0.143. The highest BCUT2D eigenvalue weighted by atomic mass is 35.5. The van der Waals surface area contributed by atoms with Gasteiger partial charge in [-0.3, -0.25) is 9.59 Å². The van der Waals surface area contributed by atoms with Crippen molar-refractivity contribution >= 4 is 69.7 Å². The Morgan fingerprint density at radius 2 is 1.12 bits per heavy atom. The predicted molar refractivity (Wildman–Crippen MR) is 182 cm³/mol. The van der Waals surface area contributed by atoms with Crippen LogP contribution in [-0.4, -0.2) is 85.9 Å². The molecule has 2 atom stereocenters. The number of esters is 1. The summed E-state index contributed by atoms with van der Waals surface area (Å²) in [6.45, 7) is 6.96. The molecule has 0 saturated carbocycles. The minimum absolute atomic E-state index is 0.0310. The van der Waals surface area contributed by atoms with Crippen LogP contribution in [0.5, 0.6) is 0 Å². The third-order valence-corrected chi connectivity index (χ3v) is 7.55. The van der Waals surface area contributed by atoms with E-state index < -0.39 is 5.97 Å². The van der Waals surface area contributed by atoms with Gasteiger partial charge in [-0.1, -0.05) is 12.1 Å². The number of benzene rings is 2. The topological polar surface area (TPSA) is 122 Å². The second-order valence-electron chi connectivity index (χ2n) is 10.3. The third-order valence-electron chi connectivity index (χ3n) is 6.87. The van der Waals surface area contributed by atoms with Gasteiger partial charge in [0.25, 0.3) is 0 Å². The van der Waals surface area contributed by atoms with Crippen LogP contribution >= 0.6 is 46.4 Å². The fourth-order valence-corrected chi connectivity index (χ4v) is 5.34. The standard InChI is InChI=1S/C16H24Cl2N2O2.C15H22Cl2N2O2/c1-12-3-4-15(20(7-5-17)8-6-18)10-13(12)9-14(19)11-16(21)22-2;1-11-2-3-14(19(6-4-16)7-5-17)9-12(11)8-13(18)10-15(20)21/h3-4,10,14H,5-9,11,19H2,1-2H3;2-3,9,13H,4-8,10,18H2,1H3,(H,20,21)/t14-;13-/m00/s1. The molecule has 8 nitrogen and oxygen atoms in total. The molecule has 0 fully saturated rings. The largest absolute Gasteiger partial charge is 0.481 e. The van der Waals surface area contributed by atoms with E-state index >= 15 is 0 Å². The van der Waals surface area contributed by atoms with Gasteiger partial charge in [-0.25, -0.2) is 0 Å². The molecule has 12 heteroatoms.